The number of anilines is 2. The van der Waals surface area contributed by atoms with Gasteiger partial charge in [0.15, 0.2) is 0 Å². The molecule has 0 spiro atoms. The Morgan fingerprint density at radius 2 is 2.35 bits per heavy atom. The normalized spacial score (nSPS) is 20.7. The monoisotopic (exact) mass is 326 g/mol. The molecule has 1 aliphatic heterocycles. The van der Waals surface area contributed by atoms with Crippen LogP contribution in [-0.4, -0.2) is 56.8 Å². The molecule has 1 unspecified atom stereocenters. The van der Waals surface area contributed by atoms with Crippen molar-refractivity contribution in [3.05, 3.63) is 24.0 Å². The molecule has 23 heavy (non-hydrogen) atoms. The number of rotatable bonds is 6. The lowest BCUT2D eigenvalue weighted by Gasteiger charge is -2.23. The molecule has 0 radical (unpaired) electrons. The van der Waals surface area contributed by atoms with Crippen LogP contribution in [0.2, 0.25) is 0 Å². The highest BCUT2D eigenvalue weighted by molar-refractivity contribution is 5.72. The predicted molar refractivity (Wildman–Crippen MR) is 85.6 cm³/mol. The number of ether oxygens (including phenoxy) is 1. The van der Waals surface area contributed by atoms with Gasteiger partial charge < -0.3 is 30.7 Å². The van der Waals surface area contributed by atoms with E-state index in [4.69, 9.17) is 10.5 Å². The van der Waals surface area contributed by atoms with E-state index in [9.17, 15) is 14.3 Å². The van der Waals surface area contributed by atoms with E-state index < -0.39 is 12.2 Å². The summed E-state index contributed by atoms with van der Waals surface area (Å²) < 4.78 is 19.6. The number of hydrogen-bond acceptors (Lipinski definition) is 6. The number of aliphatic hydroxyl groups excluding tert-OH is 1. The van der Waals surface area contributed by atoms with Gasteiger partial charge in [0.25, 0.3) is 0 Å². The number of hydrogen-bond donors (Lipinski definition) is 3. The first-order valence-electron chi connectivity index (χ1n) is 7.47. The summed E-state index contributed by atoms with van der Waals surface area (Å²) in [5, 5.41) is 12.6. The maximum atomic E-state index is 14.3. The van der Waals surface area contributed by atoms with Crippen LogP contribution in [0, 0.1) is 5.82 Å². The van der Waals surface area contributed by atoms with Gasteiger partial charge in [-0.3, -0.25) is 4.79 Å². The molecule has 0 aliphatic carbocycles. The Bertz CT molecular complexity index is 558. The Balaban J connectivity index is 2.07. The minimum absolute atomic E-state index is 0.167. The van der Waals surface area contributed by atoms with Crippen molar-refractivity contribution in [2.24, 2.45) is 5.73 Å². The van der Waals surface area contributed by atoms with E-state index in [-0.39, 0.29) is 12.0 Å². The fourth-order valence-corrected chi connectivity index (χ4v) is 2.50. The molecule has 2 atom stereocenters. The summed E-state index contributed by atoms with van der Waals surface area (Å²) in [6.45, 7) is 3.04. The molecule has 0 saturated carbocycles. The Hall–Kier alpha value is -1.90. The Kier molecular flexibility index (Phi) is 5.75. The second kappa shape index (κ2) is 7.58. The van der Waals surface area contributed by atoms with E-state index in [0.717, 1.165) is 0 Å². The zero-order chi connectivity index (χ0) is 17.0. The third-order valence-corrected chi connectivity index (χ3v) is 3.70. The van der Waals surface area contributed by atoms with Crippen LogP contribution in [0.25, 0.3) is 0 Å². The number of nitrogens with zero attached hydrogens (tertiary/aromatic N) is 2. The molecule has 1 aromatic carbocycles. The fourth-order valence-electron chi connectivity index (χ4n) is 2.50. The van der Waals surface area contributed by atoms with Gasteiger partial charge in [-0.25, -0.2) is 4.39 Å². The van der Waals surface area contributed by atoms with E-state index in [1.807, 2.05) is 0 Å². The molecule has 1 aliphatic rings. The summed E-state index contributed by atoms with van der Waals surface area (Å²) in [5.74, 6) is -0.559. The van der Waals surface area contributed by atoms with Crippen molar-refractivity contribution in [3.63, 3.8) is 0 Å². The molecule has 1 aromatic rings. The van der Waals surface area contributed by atoms with Crippen LogP contribution in [-0.2, 0) is 9.53 Å². The van der Waals surface area contributed by atoms with Gasteiger partial charge in [-0.1, -0.05) is 0 Å². The summed E-state index contributed by atoms with van der Waals surface area (Å²) in [7, 11) is 1.77. The SMILES string of the molecule is CC(=O)NC[C@H]1CN(c2ccc(N(C)CCN)c(F)c2)C(O)O1. The molecule has 2 rings (SSSR count). The molecule has 1 heterocycles. The third kappa shape index (κ3) is 4.31. The van der Waals surface area contributed by atoms with Gasteiger partial charge in [0.1, 0.15) is 5.82 Å². The zero-order valence-corrected chi connectivity index (χ0v) is 13.3. The molecule has 7 nitrogen and oxygen atoms in total. The summed E-state index contributed by atoms with van der Waals surface area (Å²) in [4.78, 5) is 14.2. The first-order valence-corrected chi connectivity index (χ1v) is 7.47. The Morgan fingerprint density at radius 1 is 1.61 bits per heavy atom. The second-order valence-corrected chi connectivity index (χ2v) is 5.52. The van der Waals surface area contributed by atoms with Crippen LogP contribution in [0.3, 0.4) is 0 Å². The molecule has 0 aromatic heterocycles. The second-order valence-electron chi connectivity index (χ2n) is 5.52. The topological polar surface area (TPSA) is 91.1 Å². The van der Waals surface area contributed by atoms with Crippen molar-refractivity contribution in [1.29, 1.82) is 0 Å². The van der Waals surface area contributed by atoms with E-state index in [1.54, 1.807) is 29.0 Å². The molecule has 1 saturated heterocycles. The number of halogens is 1. The summed E-state index contributed by atoms with van der Waals surface area (Å²) in [6, 6.07) is 4.72. The number of likely N-dealkylation sites (N-methyl/N-ethyl adjacent to an activating group) is 1. The highest BCUT2D eigenvalue weighted by atomic mass is 19.1. The first-order chi connectivity index (χ1) is 10.9. The fraction of sp³-hybridized carbons (Fsp3) is 0.533. The van der Waals surface area contributed by atoms with E-state index in [0.29, 0.717) is 37.6 Å². The molecule has 8 heteroatoms. The first kappa shape index (κ1) is 17.5. The van der Waals surface area contributed by atoms with Crippen LogP contribution in [0.15, 0.2) is 18.2 Å². The zero-order valence-electron chi connectivity index (χ0n) is 13.3. The van der Waals surface area contributed by atoms with Gasteiger partial charge in [0.2, 0.25) is 12.3 Å². The molecule has 128 valence electrons. The highest BCUT2D eigenvalue weighted by Gasteiger charge is 2.32. The lowest BCUT2D eigenvalue weighted by Crippen LogP contribution is -2.33. The number of amides is 1. The molecular formula is C15H23FN4O3. The predicted octanol–water partition coefficient (Wildman–Crippen LogP) is -0.162. The average Bonchev–Trinajstić information content (AvgIpc) is 2.86. The van der Waals surface area contributed by atoms with Crippen LogP contribution >= 0.6 is 0 Å². The van der Waals surface area contributed by atoms with Crippen molar-refractivity contribution in [2.45, 2.75) is 19.4 Å². The van der Waals surface area contributed by atoms with Crippen molar-refractivity contribution in [1.82, 2.24) is 5.32 Å². The average molecular weight is 326 g/mol. The summed E-state index contributed by atoms with van der Waals surface area (Å²) in [6.07, 6.45) is -1.52. The minimum atomic E-state index is -1.17. The van der Waals surface area contributed by atoms with Gasteiger partial charge in [-0.15, -0.1) is 0 Å². The summed E-state index contributed by atoms with van der Waals surface area (Å²) in [5.41, 5.74) is 6.44. The molecule has 0 bridgehead atoms. The maximum absolute atomic E-state index is 14.3. The minimum Gasteiger partial charge on any atom is -0.371 e. The largest absolute Gasteiger partial charge is 0.371 e. The van der Waals surface area contributed by atoms with Crippen molar-refractivity contribution in [3.8, 4) is 0 Å². The third-order valence-electron chi connectivity index (χ3n) is 3.70. The Morgan fingerprint density at radius 3 is 2.96 bits per heavy atom. The number of benzene rings is 1. The van der Waals surface area contributed by atoms with E-state index >= 15 is 0 Å². The molecule has 1 amide bonds. The van der Waals surface area contributed by atoms with Crippen LogP contribution in [0.4, 0.5) is 15.8 Å². The van der Waals surface area contributed by atoms with Crippen molar-refractivity contribution >= 4 is 17.3 Å². The number of carbonyl (C=O) groups excluding carboxylic acids is 1. The van der Waals surface area contributed by atoms with Gasteiger partial charge in [-0.2, -0.15) is 0 Å². The lowest BCUT2D eigenvalue weighted by molar-refractivity contribution is -0.121. The quantitative estimate of drug-likeness (QED) is 0.673. The van der Waals surface area contributed by atoms with E-state index in [2.05, 4.69) is 5.32 Å². The van der Waals surface area contributed by atoms with Gasteiger partial charge in [0, 0.05) is 39.3 Å². The van der Waals surface area contributed by atoms with Crippen molar-refractivity contribution < 1.29 is 19.0 Å². The number of carbonyl (C=O) groups is 1. The smallest absolute Gasteiger partial charge is 0.238 e. The van der Waals surface area contributed by atoms with E-state index in [1.165, 1.54) is 13.0 Å². The summed E-state index contributed by atoms with van der Waals surface area (Å²) >= 11 is 0. The van der Waals surface area contributed by atoms with Crippen molar-refractivity contribution in [2.75, 3.05) is 43.0 Å². The van der Waals surface area contributed by atoms with Gasteiger partial charge in [0.05, 0.1) is 18.3 Å². The molecular weight excluding hydrogens is 303 g/mol. The maximum Gasteiger partial charge on any atom is 0.238 e. The molecule has 1 fully saturated rings. The number of nitrogens with one attached hydrogen (secondary N) is 1. The van der Waals surface area contributed by atoms with Crippen LogP contribution in [0.1, 0.15) is 6.92 Å². The van der Waals surface area contributed by atoms with Gasteiger partial charge >= 0.3 is 0 Å². The molecule has 4 N–H and O–H groups in total. The highest BCUT2D eigenvalue weighted by Crippen LogP contribution is 2.28. The number of aliphatic hydroxyl groups is 1. The Labute approximate surface area is 134 Å². The van der Waals surface area contributed by atoms with Crippen LogP contribution in [0.5, 0.6) is 0 Å². The lowest BCUT2D eigenvalue weighted by atomic mass is 10.2. The standard InChI is InChI=1S/C15H23FN4O3/c1-10(21)18-8-12-9-20(15(22)23-12)11-3-4-14(13(16)7-11)19(2)6-5-17/h3-4,7,12,15,22H,5-6,8-9,17H2,1-2H3,(H,18,21)/t12-,15?/m0/s1. The van der Waals surface area contributed by atoms with Gasteiger partial charge in [-0.05, 0) is 18.2 Å². The van der Waals surface area contributed by atoms with Crippen LogP contribution < -0.4 is 20.9 Å². The number of nitrogens with two attached hydrogens (primary N) is 1.